The lowest BCUT2D eigenvalue weighted by Gasteiger charge is -2.37. The summed E-state index contributed by atoms with van der Waals surface area (Å²) >= 11 is 0. The van der Waals surface area contributed by atoms with Crippen LogP contribution >= 0.6 is 0 Å². The first-order chi connectivity index (χ1) is 9.46. The van der Waals surface area contributed by atoms with Gasteiger partial charge in [-0.15, -0.1) is 0 Å². The molecule has 0 radical (unpaired) electrons. The Morgan fingerprint density at radius 2 is 2.20 bits per heavy atom. The van der Waals surface area contributed by atoms with Crippen LogP contribution in [-0.4, -0.2) is 39.8 Å². The van der Waals surface area contributed by atoms with Crippen LogP contribution in [0.5, 0.6) is 0 Å². The Labute approximate surface area is 119 Å². The minimum Gasteiger partial charge on any atom is -0.465 e. The number of hydrogen-bond acceptors (Lipinski definition) is 4. The number of piperidine rings is 1. The first kappa shape index (κ1) is 14.6. The number of nitrogens with one attached hydrogen (secondary N) is 1. The van der Waals surface area contributed by atoms with E-state index in [0.29, 0.717) is 5.92 Å². The highest BCUT2D eigenvalue weighted by molar-refractivity contribution is 5.65. The lowest BCUT2D eigenvalue weighted by molar-refractivity contribution is 0.174. The molecule has 0 bridgehead atoms. The van der Waals surface area contributed by atoms with E-state index in [0.717, 1.165) is 38.0 Å². The molecule has 1 fully saturated rings. The molecule has 1 aliphatic heterocycles. The highest BCUT2D eigenvalue weighted by atomic mass is 16.4. The predicted octanol–water partition coefficient (Wildman–Crippen LogP) is 2.13. The van der Waals surface area contributed by atoms with Gasteiger partial charge in [0.25, 0.3) is 0 Å². The van der Waals surface area contributed by atoms with Gasteiger partial charge in [-0.25, -0.2) is 14.8 Å². The summed E-state index contributed by atoms with van der Waals surface area (Å²) < 4.78 is 0. The van der Waals surface area contributed by atoms with Crippen molar-refractivity contribution >= 4 is 11.8 Å². The summed E-state index contributed by atoms with van der Waals surface area (Å²) in [5.41, 5.74) is 0.647. The number of amides is 1. The van der Waals surface area contributed by atoms with Crippen LogP contribution in [0.1, 0.15) is 33.1 Å². The summed E-state index contributed by atoms with van der Waals surface area (Å²) in [5.74, 6) is 0.478. The predicted molar refractivity (Wildman–Crippen MR) is 76.8 cm³/mol. The number of hydrogen-bond donors (Lipinski definition) is 2. The largest absolute Gasteiger partial charge is 0.465 e. The van der Waals surface area contributed by atoms with Crippen LogP contribution in [0.4, 0.5) is 10.5 Å². The van der Waals surface area contributed by atoms with Crippen molar-refractivity contribution in [1.29, 1.82) is 0 Å². The minimum atomic E-state index is -0.959. The molecule has 0 saturated carbocycles. The minimum absolute atomic E-state index is 0.396. The van der Waals surface area contributed by atoms with E-state index in [2.05, 4.69) is 20.2 Å². The monoisotopic (exact) mass is 278 g/mol. The number of carbonyl (C=O) groups is 1. The maximum atomic E-state index is 10.8. The molecule has 1 amide bonds. The summed E-state index contributed by atoms with van der Waals surface area (Å²) in [6, 6.07) is 0. The molecule has 1 aliphatic rings. The molecular weight excluding hydrogens is 256 g/mol. The van der Waals surface area contributed by atoms with Crippen molar-refractivity contribution in [1.82, 2.24) is 15.3 Å². The van der Waals surface area contributed by atoms with E-state index in [9.17, 15) is 4.79 Å². The van der Waals surface area contributed by atoms with Gasteiger partial charge in [0.05, 0.1) is 18.1 Å². The summed E-state index contributed by atoms with van der Waals surface area (Å²) in [6.45, 7) is 5.81. The highest BCUT2D eigenvalue weighted by Crippen LogP contribution is 2.27. The molecule has 2 heterocycles. The molecule has 6 heteroatoms. The van der Waals surface area contributed by atoms with Crippen molar-refractivity contribution in [3.8, 4) is 0 Å². The molecule has 0 aliphatic carbocycles. The number of aromatic nitrogens is 2. The number of anilines is 1. The molecule has 6 nitrogen and oxygen atoms in total. The number of rotatable bonds is 4. The average molecular weight is 278 g/mol. The third kappa shape index (κ3) is 4.08. The lowest BCUT2D eigenvalue weighted by atomic mass is 9.85. The van der Waals surface area contributed by atoms with Gasteiger partial charge in [-0.05, 0) is 39.0 Å². The molecule has 0 spiro atoms. The maximum absolute atomic E-state index is 10.8. The SMILES string of the molecule is CC(C)(C[C@@H]1CCCN(c2cncnc2)C1)NC(=O)O. The standard InChI is InChI=1S/C14H22N4O2/c1-14(2,17-13(19)20)6-11-4-3-5-18(9-11)12-7-15-10-16-8-12/h7-8,10-11,17H,3-6,9H2,1-2H3,(H,19,20)/t11-/m0/s1. The van der Waals surface area contributed by atoms with E-state index in [-0.39, 0.29) is 0 Å². The molecule has 110 valence electrons. The molecule has 1 aromatic heterocycles. The number of nitrogens with zero attached hydrogens (tertiary/aromatic N) is 3. The Kier molecular flexibility index (Phi) is 4.42. The van der Waals surface area contributed by atoms with Crippen molar-refractivity contribution in [3.05, 3.63) is 18.7 Å². The van der Waals surface area contributed by atoms with Crippen molar-refractivity contribution in [2.75, 3.05) is 18.0 Å². The van der Waals surface area contributed by atoms with E-state index >= 15 is 0 Å². The van der Waals surface area contributed by atoms with Crippen LogP contribution in [0.25, 0.3) is 0 Å². The Bertz CT molecular complexity index is 450. The van der Waals surface area contributed by atoms with Crippen molar-refractivity contribution < 1.29 is 9.90 Å². The van der Waals surface area contributed by atoms with Gasteiger partial charge in [0, 0.05) is 18.6 Å². The zero-order chi connectivity index (χ0) is 14.6. The highest BCUT2D eigenvalue weighted by Gasteiger charge is 2.28. The van der Waals surface area contributed by atoms with Gasteiger partial charge in [-0.2, -0.15) is 0 Å². The summed E-state index contributed by atoms with van der Waals surface area (Å²) in [4.78, 5) is 21.2. The molecule has 1 saturated heterocycles. The second-order valence-electron chi connectivity index (χ2n) is 6.07. The van der Waals surface area contributed by atoms with E-state index < -0.39 is 11.6 Å². The lowest BCUT2D eigenvalue weighted by Crippen LogP contribution is -2.46. The van der Waals surface area contributed by atoms with Crippen molar-refractivity contribution in [3.63, 3.8) is 0 Å². The third-order valence-corrected chi connectivity index (χ3v) is 3.68. The zero-order valence-electron chi connectivity index (χ0n) is 12.0. The normalized spacial score (nSPS) is 19.7. The summed E-state index contributed by atoms with van der Waals surface area (Å²) in [7, 11) is 0. The third-order valence-electron chi connectivity index (χ3n) is 3.68. The van der Waals surface area contributed by atoms with Gasteiger partial charge in [0.2, 0.25) is 0 Å². The zero-order valence-corrected chi connectivity index (χ0v) is 12.0. The van der Waals surface area contributed by atoms with Crippen molar-refractivity contribution in [2.24, 2.45) is 5.92 Å². The molecule has 0 aromatic carbocycles. The summed E-state index contributed by atoms with van der Waals surface area (Å²) in [6.07, 6.45) is 7.32. The number of carboxylic acid groups (broad SMARTS) is 1. The average Bonchev–Trinajstić information content (AvgIpc) is 2.38. The molecule has 2 rings (SSSR count). The molecule has 1 aromatic rings. The molecule has 2 N–H and O–H groups in total. The van der Waals surface area contributed by atoms with Crippen LogP contribution < -0.4 is 10.2 Å². The fourth-order valence-electron chi connectivity index (χ4n) is 2.98. The Morgan fingerprint density at radius 3 is 2.85 bits per heavy atom. The fourth-order valence-corrected chi connectivity index (χ4v) is 2.98. The van der Waals surface area contributed by atoms with Crippen LogP contribution in [0.2, 0.25) is 0 Å². The maximum Gasteiger partial charge on any atom is 0.405 e. The molecule has 0 unspecified atom stereocenters. The molecule has 20 heavy (non-hydrogen) atoms. The Morgan fingerprint density at radius 1 is 1.50 bits per heavy atom. The Hall–Kier alpha value is -1.85. The second kappa shape index (κ2) is 6.07. The van der Waals surface area contributed by atoms with E-state index in [4.69, 9.17) is 5.11 Å². The van der Waals surface area contributed by atoms with Gasteiger partial charge >= 0.3 is 6.09 Å². The van der Waals surface area contributed by atoms with Crippen LogP contribution in [0.15, 0.2) is 18.7 Å². The van der Waals surface area contributed by atoms with Gasteiger partial charge < -0.3 is 15.3 Å². The van der Waals surface area contributed by atoms with Gasteiger partial charge in [0.1, 0.15) is 6.33 Å². The topological polar surface area (TPSA) is 78.4 Å². The van der Waals surface area contributed by atoms with Crippen LogP contribution in [-0.2, 0) is 0 Å². The fraction of sp³-hybridized carbons (Fsp3) is 0.643. The van der Waals surface area contributed by atoms with E-state index in [1.165, 1.54) is 6.33 Å². The second-order valence-corrected chi connectivity index (χ2v) is 6.07. The van der Waals surface area contributed by atoms with Crippen LogP contribution in [0.3, 0.4) is 0 Å². The molecular formula is C14H22N4O2. The van der Waals surface area contributed by atoms with Crippen LogP contribution in [0, 0.1) is 5.92 Å². The van der Waals surface area contributed by atoms with Crippen molar-refractivity contribution in [2.45, 2.75) is 38.6 Å². The quantitative estimate of drug-likeness (QED) is 0.882. The molecule has 1 atom stereocenters. The van der Waals surface area contributed by atoms with E-state index in [1.54, 1.807) is 0 Å². The summed E-state index contributed by atoms with van der Waals surface area (Å²) in [5, 5.41) is 11.5. The van der Waals surface area contributed by atoms with Gasteiger partial charge in [0.15, 0.2) is 0 Å². The smallest absolute Gasteiger partial charge is 0.405 e. The van der Waals surface area contributed by atoms with E-state index in [1.807, 2.05) is 26.2 Å². The Balaban J connectivity index is 1.95. The first-order valence-electron chi connectivity index (χ1n) is 6.97. The van der Waals surface area contributed by atoms with Gasteiger partial charge in [-0.1, -0.05) is 0 Å². The first-order valence-corrected chi connectivity index (χ1v) is 6.97. The van der Waals surface area contributed by atoms with Gasteiger partial charge in [-0.3, -0.25) is 0 Å².